The monoisotopic (exact) mass is 525 g/mol. The first-order valence-electron chi connectivity index (χ1n) is 10.7. The fourth-order valence-corrected chi connectivity index (χ4v) is 6.67. The minimum Gasteiger partial charge on any atom is -0.396 e. The Morgan fingerprint density at radius 1 is 1.24 bits per heavy atom. The third kappa shape index (κ3) is 5.46. The Morgan fingerprint density at radius 3 is 2.56 bits per heavy atom. The summed E-state index contributed by atoms with van der Waals surface area (Å²) in [7, 11) is -4.18. The van der Waals surface area contributed by atoms with Crippen molar-refractivity contribution in [2.24, 2.45) is 0 Å². The molecule has 2 aromatic heterocycles. The smallest absolute Gasteiger partial charge is 0.267 e. The van der Waals surface area contributed by atoms with Gasteiger partial charge in [-0.3, -0.25) is 4.79 Å². The van der Waals surface area contributed by atoms with Crippen LogP contribution < -0.4 is 10.0 Å². The lowest BCUT2D eigenvalue weighted by atomic mass is 9.91. The lowest BCUT2D eigenvalue weighted by molar-refractivity contribution is 0.102. The number of rotatable bonds is 9. The Labute approximate surface area is 208 Å². The van der Waals surface area contributed by atoms with Crippen LogP contribution in [0.25, 0.3) is 0 Å². The summed E-state index contributed by atoms with van der Waals surface area (Å²) in [5, 5.41) is 17.5. The number of thiophene rings is 1. The van der Waals surface area contributed by atoms with Gasteiger partial charge in [0.15, 0.2) is 0 Å². The van der Waals surface area contributed by atoms with Crippen LogP contribution in [0.2, 0.25) is 5.02 Å². The molecule has 1 aromatic carbocycles. The largest absolute Gasteiger partial charge is 0.396 e. The van der Waals surface area contributed by atoms with Crippen LogP contribution in [0.3, 0.4) is 0 Å². The van der Waals surface area contributed by atoms with E-state index in [1.807, 2.05) is 32.9 Å². The molecule has 1 amide bonds. The van der Waals surface area contributed by atoms with E-state index in [1.54, 1.807) is 19.2 Å². The van der Waals surface area contributed by atoms with Crippen molar-refractivity contribution >= 4 is 50.4 Å². The van der Waals surface area contributed by atoms with Gasteiger partial charge in [-0.25, -0.2) is 13.1 Å². The van der Waals surface area contributed by atoms with E-state index in [0.717, 1.165) is 34.4 Å². The summed E-state index contributed by atoms with van der Waals surface area (Å²) in [6.45, 7) is 9.22. The molecule has 3 rings (SSSR count). The van der Waals surface area contributed by atoms with Gasteiger partial charge in [-0.1, -0.05) is 41.4 Å². The maximum absolute atomic E-state index is 13.3. The first-order chi connectivity index (χ1) is 16.0. The van der Waals surface area contributed by atoms with Gasteiger partial charge in [0.05, 0.1) is 0 Å². The third-order valence-electron chi connectivity index (χ3n) is 5.49. The SMILES string of the molecule is Cc1cc(C)c(NC(=O)c2scc(C)c2S(=O)(=O)Nc2onc(C)c2Cl)c(C(C)CCCO)c1. The minimum atomic E-state index is -4.18. The number of aliphatic hydroxyl groups excluding tert-OH is 1. The van der Waals surface area contributed by atoms with Crippen LogP contribution in [-0.2, 0) is 10.0 Å². The fourth-order valence-electron chi connectivity index (χ4n) is 3.80. The zero-order valence-corrected chi connectivity index (χ0v) is 22.0. The average Bonchev–Trinajstić information content (AvgIpc) is 3.31. The quantitative estimate of drug-likeness (QED) is 0.336. The molecule has 34 heavy (non-hydrogen) atoms. The molecule has 0 saturated carbocycles. The molecule has 0 spiro atoms. The average molecular weight is 526 g/mol. The summed E-state index contributed by atoms with van der Waals surface area (Å²) in [5.74, 6) is -0.640. The molecule has 0 radical (unpaired) electrons. The topological polar surface area (TPSA) is 122 Å². The highest BCUT2D eigenvalue weighted by atomic mass is 35.5. The Bertz CT molecular complexity index is 1310. The van der Waals surface area contributed by atoms with Crippen molar-refractivity contribution in [3.05, 3.63) is 55.4 Å². The molecule has 1 unspecified atom stereocenters. The van der Waals surface area contributed by atoms with Gasteiger partial charge in [0.2, 0.25) is 0 Å². The molecule has 0 aliphatic heterocycles. The zero-order chi connectivity index (χ0) is 25.2. The van der Waals surface area contributed by atoms with Crippen LogP contribution in [0, 0.1) is 27.7 Å². The van der Waals surface area contributed by atoms with Crippen LogP contribution in [0.1, 0.15) is 63.3 Å². The van der Waals surface area contributed by atoms with Crippen LogP contribution in [0.15, 0.2) is 26.9 Å². The number of benzene rings is 1. The maximum Gasteiger partial charge on any atom is 0.267 e. The highest BCUT2D eigenvalue weighted by molar-refractivity contribution is 7.93. The molecule has 2 heterocycles. The molecular formula is C23H28ClN3O5S2. The second-order valence-corrected chi connectivity index (χ2v) is 11.2. The summed E-state index contributed by atoms with van der Waals surface area (Å²) < 4.78 is 33.6. The Balaban J connectivity index is 1.97. The number of nitrogens with one attached hydrogen (secondary N) is 2. The van der Waals surface area contributed by atoms with Crippen molar-refractivity contribution in [2.75, 3.05) is 16.6 Å². The molecular weight excluding hydrogens is 498 g/mol. The fraction of sp³-hybridized carbons (Fsp3) is 0.391. The van der Waals surface area contributed by atoms with E-state index in [1.165, 1.54) is 0 Å². The van der Waals surface area contributed by atoms with E-state index >= 15 is 0 Å². The predicted molar refractivity (Wildman–Crippen MR) is 135 cm³/mol. The van der Waals surface area contributed by atoms with Gasteiger partial charge in [0, 0.05) is 12.3 Å². The molecule has 11 heteroatoms. The molecule has 0 saturated heterocycles. The van der Waals surface area contributed by atoms with E-state index in [2.05, 4.69) is 15.2 Å². The number of aryl methyl sites for hydroxylation is 4. The number of amides is 1. The van der Waals surface area contributed by atoms with Crippen molar-refractivity contribution in [3.8, 4) is 0 Å². The van der Waals surface area contributed by atoms with Crippen molar-refractivity contribution in [1.29, 1.82) is 0 Å². The number of carbonyl (C=O) groups excluding carboxylic acids is 1. The summed E-state index contributed by atoms with van der Waals surface area (Å²) in [6.07, 6.45) is 1.39. The summed E-state index contributed by atoms with van der Waals surface area (Å²) in [5.41, 5.74) is 4.29. The second-order valence-electron chi connectivity index (χ2n) is 8.36. The van der Waals surface area contributed by atoms with E-state index < -0.39 is 15.9 Å². The third-order valence-corrected chi connectivity index (χ3v) is 8.67. The number of hydrogen-bond acceptors (Lipinski definition) is 7. The van der Waals surface area contributed by atoms with Gasteiger partial charge in [-0.2, -0.15) is 0 Å². The predicted octanol–water partition coefficient (Wildman–Crippen LogP) is 5.55. The van der Waals surface area contributed by atoms with Crippen molar-refractivity contribution in [1.82, 2.24) is 5.16 Å². The van der Waals surface area contributed by atoms with Crippen molar-refractivity contribution < 1.29 is 22.8 Å². The van der Waals surface area contributed by atoms with Gasteiger partial charge < -0.3 is 14.9 Å². The van der Waals surface area contributed by atoms with E-state index in [0.29, 0.717) is 23.4 Å². The summed E-state index contributed by atoms with van der Waals surface area (Å²) >= 11 is 7.11. The molecule has 3 N–H and O–H groups in total. The normalized spacial score (nSPS) is 12.6. The number of nitrogens with zero attached hydrogens (tertiary/aromatic N) is 1. The first kappa shape index (κ1) is 26.2. The molecule has 184 valence electrons. The highest BCUT2D eigenvalue weighted by Gasteiger charge is 2.30. The maximum atomic E-state index is 13.3. The molecule has 3 aromatic rings. The van der Waals surface area contributed by atoms with Crippen LogP contribution >= 0.6 is 22.9 Å². The van der Waals surface area contributed by atoms with Crippen LogP contribution in [-0.4, -0.2) is 31.2 Å². The van der Waals surface area contributed by atoms with Gasteiger partial charge in [0.1, 0.15) is 20.5 Å². The van der Waals surface area contributed by atoms with E-state index in [4.69, 9.17) is 16.1 Å². The molecule has 0 fully saturated rings. The molecule has 1 atom stereocenters. The Hall–Kier alpha value is -2.40. The summed E-state index contributed by atoms with van der Waals surface area (Å²) in [6, 6.07) is 3.97. The van der Waals surface area contributed by atoms with Gasteiger partial charge in [-0.05, 0) is 68.5 Å². The van der Waals surface area contributed by atoms with Gasteiger partial charge in [0.25, 0.3) is 21.8 Å². The first-order valence-corrected chi connectivity index (χ1v) is 13.5. The second kappa shape index (κ2) is 10.5. The number of halogens is 1. The van der Waals surface area contributed by atoms with E-state index in [-0.39, 0.29) is 33.2 Å². The number of aliphatic hydroxyl groups is 1. The van der Waals surface area contributed by atoms with Gasteiger partial charge in [-0.15, -0.1) is 11.3 Å². The summed E-state index contributed by atoms with van der Waals surface area (Å²) in [4.78, 5) is 13.3. The number of hydrogen-bond donors (Lipinski definition) is 3. The van der Waals surface area contributed by atoms with Crippen LogP contribution in [0.5, 0.6) is 0 Å². The Morgan fingerprint density at radius 2 is 1.94 bits per heavy atom. The lowest BCUT2D eigenvalue weighted by Crippen LogP contribution is -2.20. The number of sulfonamides is 1. The minimum absolute atomic E-state index is 0.0475. The van der Waals surface area contributed by atoms with Crippen molar-refractivity contribution in [2.45, 2.75) is 58.3 Å². The van der Waals surface area contributed by atoms with E-state index in [9.17, 15) is 18.3 Å². The number of anilines is 2. The van der Waals surface area contributed by atoms with Crippen molar-refractivity contribution in [3.63, 3.8) is 0 Å². The number of carbonyl (C=O) groups is 1. The standard InChI is InChI=1S/C23H28ClN3O5S2/c1-12-9-14(3)19(17(10-12)13(2)7-6-8-28)25-22(29)20-21(15(4)11-33-20)34(30,31)27-23-18(24)16(5)26-32-23/h9-11,13,27-28H,6-8H2,1-5H3,(H,25,29). The van der Waals surface area contributed by atoms with Crippen LogP contribution in [0.4, 0.5) is 11.6 Å². The molecule has 0 bridgehead atoms. The Kier molecular flexibility index (Phi) is 8.07. The van der Waals surface area contributed by atoms with Gasteiger partial charge >= 0.3 is 0 Å². The zero-order valence-electron chi connectivity index (χ0n) is 19.7. The lowest BCUT2D eigenvalue weighted by Gasteiger charge is -2.20. The molecule has 0 aliphatic carbocycles. The molecule has 0 aliphatic rings. The highest BCUT2D eigenvalue weighted by Crippen LogP contribution is 2.35. The molecule has 8 nitrogen and oxygen atoms in total. The number of aromatic nitrogens is 1.